The molecule has 1 fully saturated rings. The molecular weight excluding hydrogens is 388 g/mol. The van der Waals surface area contributed by atoms with Crippen molar-refractivity contribution < 1.29 is 17.9 Å². The Hall–Kier alpha value is -2.54. The van der Waals surface area contributed by atoms with E-state index in [1.54, 1.807) is 43.3 Å². The second-order valence-corrected chi connectivity index (χ2v) is 9.59. The Morgan fingerprint density at radius 2 is 1.76 bits per heavy atom. The van der Waals surface area contributed by atoms with Crippen molar-refractivity contribution in [1.82, 2.24) is 4.90 Å². The third-order valence-electron chi connectivity index (χ3n) is 5.23. The molecule has 2 aromatic carbocycles. The van der Waals surface area contributed by atoms with Gasteiger partial charge in [-0.1, -0.05) is 32.0 Å². The van der Waals surface area contributed by atoms with Gasteiger partial charge in [-0.15, -0.1) is 0 Å². The topological polar surface area (TPSA) is 75.7 Å². The van der Waals surface area contributed by atoms with Crippen molar-refractivity contribution in [3.8, 4) is 5.75 Å². The van der Waals surface area contributed by atoms with Gasteiger partial charge in [0.2, 0.25) is 0 Å². The largest absolute Gasteiger partial charge is 0.495 e. The van der Waals surface area contributed by atoms with Gasteiger partial charge in [0, 0.05) is 18.7 Å². The lowest BCUT2D eigenvalue weighted by Crippen LogP contribution is -2.42. The number of nitrogens with one attached hydrogen (secondary N) is 1. The molecule has 29 heavy (non-hydrogen) atoms. The number of benzene rings is 2. The molecular formula is C22H28N2O4S. The van der Waals surface area contributed by atoms with Gasteiger partial charge >= 0.3 is 0 Å². The summed E-state index contributed by atoms with van der Waals surface area (Å²) in [5.41, 5.74) is 1.31. The van der Waals surface area contributed by atoms with E-state index in [1.165, 1.54) is 13.2 Å². The average molecular weight is 417 g/mol. The van der Waals surface area contributed by atoms with E-state index in [4.69, 9.17) is 4.74 Å². The molecule has 0 aromatic heterocycles. The predicted molar refractivity (Wildman–Crippen MR) is 114 cm³/mol. The predicted octanol–water partition coefficient (Wildman–Crippen LogP) is 3.92. The van der Waals surface area contributed by atoms with Crippen molar-refractivity contribution in [3.05, 3.63) is 53.6 Å². The van der Waals surface area contributed by atoms with Gasteiger partial charge in [-0.05, 0) is 55.0 Å². The summed E-state index contributed by atoms with van der Waals surface area (Å²) in [7, 11) is -2.40. The van der Waals surface area contributed by atoms with Crippen LogP contribution in [0.1, 0.15) is 36.2 Å². The first kappa shape index (κ1) is 21.2. The van der Waals surface area contributed by atoms with Crippen molar-refractivity contribution >= 4 is 21.6 Å². The maximum absolute atomic E-state index is 13.1. The quantitative estimate of drug-likeness (QED) is 0.801. The SMILES string of the molecule is COc1ccccc1NS(=O)(=O)c1cc(C(=O)N2C[C@H](C)C[C@H](C)C2)ccc1C. The normalized spacial score (nSPS) is 19.7. The molecule has 1 heterocycles. The molecule has 1 amide bonds. The minimum absolute atomic E-state index is 0.0902. The van der Waals surface area contributed by atoms with E-state index in [0.29, 0.717) is 47.5 Å². The number of para-hydroxylation sites is 2. The van der Waals surface area contributed by atoms with Crippen LogP contribution in [-0.2, 0) is 10.0 Å². The number of carbonyl (C=O) groups excluding carboxylic acids is 1. The first-order valence-corrected chi connectivity index (χ1v) is 11.3. The lowest BCUT2D eigenvalue weighted by atomic mass is 9.91. The zero-order chi connectivity index (χ0) is 21.2. The van der Waals surface area contributed by atoms with Crippen LogP contribution in [0.25, 0.3) is 0 Å². The molecule has 1 aliphatic heterocycles. The Bertz CT molecular complexity index is 994. The molecule has 1 saturated heterocycles. The summed E-state index contributed by atoms with van der Waals surface area (Å²) < 4.78 is 33.9. The molecule has 3 rings (SSSR count). The fraction of sp³-hybridized carbons (Fsp3) is 0.409. The van der Waals surface area contributed by atoms with E-state index >= 15 is 0 Å². The van der Waals surface area contributed by atoms with Crippen molar-refractivity contribution in [2.75, 3.05) is 24.9 Å². The minimum Gasteiger partial charge on any atom is -0.495 e. The maximum atomic E-state index is 13.1. The molecule has 0 aliphatic carbocycles. The van der Waals surface area contributed by atoms with Crippen molar-refractivity contribution in [2.24, 2.45) is 11.8 Å². The highest BCUT2D eigenvalue weighted by Gasteiger charge is 2.27. The average Bonchev–Trinajstić information content (AvgIpc) is 2.67. The van der Waals surface area contributed by atoms with Crippen LogP contribution in [0.4, 0.5) is 5.69 Å². The third kappa shape index (κ3) is 4.72. The van der Waals surface area contributed by atoms with Crippen LogP contribution in [0.5, 0.6) is 5.75 Å². The van der Waals surface area contributed by atoms with Gasteiger partial charge in [-0.2, -0.15) is 0 Å². The summed E-state index contributed by atoms with van der Waals surface area (Å²) in [4.78, 5) is 14.9. The molecule has 6 nitrogen and oxygen atoms in total. The number of nitrogens with zero attached hydrogens (tertiary/aromatic N) is 1. The number of methoxy groups -OCH3 is 1. The highest BCUT2D eigenvalue weighted by Crippen LogP contribution is 2.28. The van der Waals surface area contributed by atoms with E-state index < -0.39 is 10.0 Å². The fourth-order valence-electron chi connectivity index (χ4n) is 3.96. The Morgan fingerprint density at radius 3 is 2.41 bits per heavy atom. The Kier molecular flexibility index (Phi) is 6.17. The number of anilines is 1. The highest BCUT2D eigenvalue weighted by molar-refractivity contribution is 7.92. The van der Waals surface area contributed by atoms with Crippen LogP contribution >= 0.6 is 0 Å². The van der Waals surface area contributed by atoms with E-state index in [1.807, 2.05) is 4.90 Å². The summed E-state index contributed by atoms with van der Waals surface area (Å²) in [6.45, 7) is 7.38. The summed E-state index contributed by atoms with van der Waals surface area (Å²) in [5.74, 6) is 1.17. The minimum atomic E-state index is -3.89. The van der Waals surface area contributed by atoms with E-state index in [-0.39, 0.29) is 10.8 Å². The summed E-state index contributed by atoms with van der Waals surface area (Å²) in [5, 5.41) is 0. The molecule has 2 aromatic rings. The second kappa shape index (κ2) is 8.45. The smallest absolute Gasteiger partial charge is 0.262 e. The van der Waals surface area contributed by atoms with E-state index in [2.05, 4.69) is 18.6 Å². The van der Waals surface area contributed by atoms with Crippen LogP contribution in [0, 0.1) is 18.8 Å². The second-order valence-electron chi connectivity index (χ2n) is 7.94. The standard InChI is InChI=1S/C22H28N2O4S/c1-15-11-16(2)14-24(13-15)22(25)18-10-9-17(3)21(12-18)29(26,27)23-19-7-5-6-8-20(19)28-4/h5-10,12,15-16,23H,11,13-14H2,1-4H3/t15-,16+. The molecule has 2 atom stereocenters. The zero-order valence-electron chi connectivity index (χ0n) is 17.3. The number of amides is 1. The summed E-state index contributed by atoms with van der Waals surface area (Å²) in [6, 6.07) is 11.7. The van der Waals surface area contributed by atoms with Crippen LogP contribution in [0.3, 0.4) is 0 Å². The van der Waals surface area contributed by atoms with Crippen molar-refractivity contribution in [3.63, 3.8) is 0 Å². The van der Waals surface area contributed by atoms with Crippen LogP contribution in [-0.4, -0.2) is 39.4 Å². The molecule has 7 heteroatoms. The monoisotopic (exact) mass is 416 g/mol. The maximum Gasteiger partial charge on any atom is 0.262 e. The van der Waals surface area contributed by atoms with Crippen molar-refractivity contribution in [2.45, 2.75) is 32.1 Å². The van der Waals surface area contributed by atoms with Crippen molar-refractivity contribution in [1.29, 1.82) is 0 Å². The third-order valence-corrected chi connectivity index (χ3v) is 6.74. The Balaban J connectivity index is 1.91. The highest BCUT2D eigenvalue weighted by atomic mass is 32.2. The van der Waals surface area contributed by atoms with Gasteiger partial charge in [-0.25, -0.2) is 8.42 Å². The van der Waals surface area contributed by atoms with E-state index in [9.17, 15) is 13.2 Å². The number of piperidine rings is 1. The van der Waals surface area contributed by atoms with Gasteiger partial charge in [0.25, 0.3) is 15.9 Å². The molecule has 1 N–H and O–H groups in total. The van der Waals surface area contributed by atoms with E-state index in [0.717, 1.165) is 6.42 Å². The van der Waals surface area contributed by atoms with Crippen LogP contribution in [0.15, 0.2) is 47.4 Å². The lowest BCUT2D eigenvalue weighted by Gasteiger charge is -2.35. The molecule has 0 spiro atoms. The number of carbonyl (C=O) groups is 1. The number of hydrogen-bond acceptors (Lipinski definition) is 4. The Labute approximate surface area is 172 Å². The van der Waals surface area contributed by atoms with Gasteiger partial charge in [0.05, 0.1) is 17.7 Å². The number of likely N-dealkylation sites (tertiary alicyclic amines) is 1. The number of hydrogen-bond donors (Lipinski definition) is 1. The summed E-state index contributed by atoms with van der Waals surface area (Å²) >= 11 is 0. The molecule has 0 unspecified atom stereocenters. The molecule has 0 radical (unpaired) electrons. The fourth-order valence-corrected chi connectivity index (χ4v) is 5.30. The first-order valence-electron chi connectivity index (χ1n) is 9.77. The van der Waals surface area contributed by atoms with Gasteiger partial charge in [0.15, 0.2) is 0 Å². The molecule has 1 aliphatic rings. The molecule has 0 saturated carbocycles. The van der Waals surface area contributed by atoms with Crippen LogP contribution < -0.4 is 9.46 Å². The number of sulfonamides is 1. The zero-order valence-corrected chi connectivity index (χ0v) is 18.1. The lowest BCUT2D eigenvalue weighted by molar-refractivity contribution is 0.0623. The number of aryl methyl sites for hydroxylation is 1. The van der Waals surface area contributed by atoms with Crippen LogP contribution in [0.2, 0.25) is 0 Å². The Morgan fingerprint density at radius 1 is 1.10 bits per heavy atom. The first-order chi connectivity index (χ1) is 13.7. The summed E-state index contributed by atoms with van der Waals surface area (Å²) in [6.07, 6.45) is 1.10. The number of ether oxygens (including phenoxy) is 1. The molecule has 0 bridgehead atoms. The van der Waals surface area contributed by atoms with Gasteiger partial charge < -0.3 is 9.64 Å². The van der Waals surface area contributed by atoms with Gasteiger partial charge in [0.1, 0.15) is 5.75 Å². The van der Waals surface area contributed by atoms with Gasteiger partial charge in [-0.3, -0.25) is 9.52 Å². The molecule has 156 valence electrons. The number of rotatable bonds is 5.